The van der Waals surface area contributed by atoms with Crippen LogP contribution in [0.15, 0.2) is 36.4 Å². The molecule has 3 aliphatic rings. The van der Waals surface area contributed by atoms with E-state index in [9.17, 15) is 9.90 Å². The molecule has 3 aromatic rings. The van der Waals surface area contributed by atoms with Crippen molar-refractivity contribution in [3.05, 3.63) is 53.1 Å². The van der Waals surface area contributed by atoms with Crippen LogP contribution in [0.4, 0.5) is 0 Å². The third-order valence-corrected chi connectivity index (χ3v) is 9.55. The van der Waals surface area contributed by atoms with E-state index in [1.807, 2.05) is 6.07 Å². The highest BCUT2D eigenvalue weighted by Gasteiger charge is 2.41. The molecule has 1 saturated carbocycles. The second kappa shape index (κ2) is 10.4. The number of carboxylic acids is 1. The third kappa shape index (κ3) is 4.32. The monoisotopic (exact) mass is 515 g/mol. The van der Waals surface area contributed by atoms with Crippen molar-refractivity contribution >= 4 is 16.9 Å². The first-order valence-corrected chi connectivity index (χ1v) is 14.5. The zero-order valence-electron chi connectivity index (χ0n) is 23.1. The maximum Gasteiger partial charge on any atom is 0.335 e. The van der Waals surface area contributed by atoms with E-state index in [4.69, 9.17) is 4.74 Å². The number of hydrogen-bond donors (Lipinski definition) is 1. The summed E-state index contributed by atoms with van der Waals surface area (Å²) >= 11 is 0. The molecule has 0 unspecified atom stereocenters. The molecule has 2 aromatic carbocycles. The zero-order chi connectivity index (χ0) is 26.4. The van der Waals surface area contributed by atoms with Gasteiger partial charge in [0.15, 0.2) is 0 Å². The molecule has 3 heterocycles. The van der Waals surface area contributed by atoms with Crippen LogP contribution >= 0.6 is 0 Å². The number of likely N-dealkylation sites (tertiary alicyclic amines) is 1. The summed E-state index contributed by atoms with van der Waals surface area (Å²) in [6.07, 6.45) is 7.41. The normalized spacial score (nSPS) is 21.8. The van der Waals surface area contributed by atoms with Gasteiger partial charge in [-0.25, -0.2) is 4.79 Å². The molecule has 0 radical (unpaired) electrons. The van der Waals surface area contributed by atoms with Crippen LogP contribution in [0.1, 0.15) is 78.9 Å². The van der Waals surface area contributed by atoms with E-state index in [-0.39, 0.29) is 0 Å². The second-order valence-electron chi connectivity index (χ2n) is 11.6. The fourth-order valence-corrected chi connectivity index (χ4v) is 7.43. The number of benzene rings is 2. The molecular weight excluding hydrogens is 474 g/mol. The van der Waals surface area contributed by atoms with Crippen LogP contribution in [0.5, 0.6) is 5.75 Å². The quantitative estimate of drug-likeness (QED) is 0.395. The lowest BCUT2D eigenvalue weighted by Gasteiger charge is -2.30. The summed E-state index contributed by atoms with van der Waals surface area (Å²) in [6.45, 7) is 7.40. The minimum atomic E-state index is -0.856. The van der Waals surface area contributed by atoms with Crippen LogP contribution in [0.25, 0.3) is 22.2 Å². The Labute approximate surface area is 226 Å². The van der Waals surface area contributed by atoms with E-state index in [1.165, 1.54) is 59.9 Å². The Hall–Kier alpha value is -2.83. The summed E-state index contributed by atoms with van der Waals surface area (Å²) in [5.41, 5.74) is 6.92. The van der Waals surface area contributed by atoms with Gasteiger partial charge in [-0.3, -0.25) is 4.90 Å². The fourth-order valence-electron chi connectivity index (χ4n) is 7.43. The molecule has 202 valence electrons. The van der Waals surface area contributed by atoms with E-state index in [2.05, 4.69) is 52.6 Å². The molecular formula is C32H41N3O3. The molecule has 38 heavy (non-hydrogen) atoms. The summed E-state index contributed by atoms with van der Waals surface area (Å²) in [6, 6.07) is 12.8. The van der Waals surface area contributed by atoms with Crippen molar-refractivity contribution in [1.29, 1.82) is 0 Å². The molecule has 0 bridgehead atoms. The molecule has 6 heteroatoms. The van der Waals surface area contributed by atoms with E-state index >= 15 is 0 Å². The Morgan fingerprint density at radius 1 is 1.11 bits per heavy atom. The average molecular weight is 516 g/mol. The molecule has 1 aromatic heterocycles. The van der Waals surface area contributed by atoms with Crippen molar-refractivity contribution in [1.82, 2.24) is 14.4 Å². The van der Waals surface area contributed by atoms with Crippen LogP contribution < -0.4 is 4.74 Å². The number of fused-ring (bicyclic) bond motifs is 7. The van der Waals surface area contributed by atoms with Crippen molar-refractivity contribution in [3.8, 4) is 17.0 Å². The number of carboxylic acid groups (broad SMARTS) is 1. The Kier molecular flexibility index (Phi) is 6.95. The summed E-state index contributed by atoms with van der Waals surface area (Å²) in [5.74, 6) is 1.04. The fraction of sp³-hybridized carbons (Fsp3) is 0.531. The van der Waals surface area contributed by atoms with Gasteiger partial charge in [0.1, 0.15) is 5.75 Å². The lowest BCUT2D eigenvalue weighted by molar-refractivity contribution is 0.0697. The first kappa shape index (κ1) is 25.4. The number of aromatic carboxylic acids is 1. The standard InChI is InChI=1S/C32H41N3O3/c1-4-33(2)16-17-34-15-14-23-20-35-28-18-22(32(36)37)10-12-26(28)29(21-8-6-5-7-9-21)31(35)25-13-11-24(38-3)19-27(25)30(23)34/h10-13,18-19,21,23,30H,4-9,14-17,20H2,1-3H3,(H,36,37)/t23-,30+/m0/s1. The summed E-state index contributed by atoms with van der Waals surface area (Å²) in [5, 5.41) is 11.1. The van der Waals surface area contributed by atoms with Gasteiger partial charge >= 0.3 is 5.97 Å². The lowest BCUT2D eigenvalue weighted by atomic mass is 9.81. The Morgan fingerprint density at radius 2 is 1.92 bits per heavy atom. The van der Waals surface area contributed by atoms with Gasteiger partial charge in [0.05, 0.1) is 18.4 Å². The summed E-state index contributed by atoms with van der Waals surface area (Å²) in [4.78, 5) is 17.1. The van der Waals surface area contributed by atoms with Crippen molar-refractivity contribution < 1.29 is 14.6 Å². The van der Waals surface area contributed by atoms with Gasteiger partial charge in [0.2, 0.25) is 0 Å². The first-order chi connectivity index (χ1) is 18.5. The third-order valence-electron chi connectivity index (χ3n) is 9.55. The predicted octanol–water partition coefficient (Wildman–Crippen LogP) is 6.39. The van der Waals surface area contributed by atoms with Gasteiger partial charge in [0, 0.05) is 42.1 Å². The van der Waals surface area contributed by atoms with Crippen LogP contribution in [0, 0.1) is 5.92 Å². The van der Waals surface area contributed by atoms with Gasteiger partial charge in [-0.2, -0.15) is 0 Å². The summed E-state index contributed by atoms with van der Waals surface area (Å²) < 4.78 is 8.26. The van der Waals surface area contributed by atoms with Crippen LogP contribution in [0.2, 0.25) is 0 Å². The topological polar surface area (TPSA) is 57.9 Å². The number of methoxy groups -OCH3 is 1. The highest BCUT2D eigenvalue weighted by Crippen LogP contribution is 2.52. The number of hydrogen-bond acceptors (Lipinski definition) is 4. The molecule has 6 rings (SSSR count). The maximum absolute atomic E-state index is 12.0. The molecule has 6 nitrogen and oxygen atoms in total. The minimum absolute atomic E-state index is 0.335. The van der Waals surface area contributed by atoms with Crippen molar-refractivity contribution in [2.45, 2.75) is 64.0 Å². The lowest BCUT2D eigenvalue weighted by Crippen LogP contribution is -2.34. The molecule has 2 aliphatic heterocycles. The van der Waals surface area contributed by atoms with Gasteiger partial charge in [0.25, 0.3) is 0 Å². The predicted molar refractivity (Wildman–Crippen MR) is 152 cm³/mol. The van der Waals surface area contributed by atoms with E-state index in [0.29, 0.717) is 23.4 Å². The minimum Gasteiger partial charge on any atom is -0.497 e. The van der Waals surface area contributed by atoms with Gasteiger partial charge in [-0.1, -0.05) is 32.3 Å². The molecule has 2 fully saturated rings. The van der Waals surface area contributed by atoms with Crippen molar-refractivity contribution in [2.75, 3.05) is 40.3 Å². The van der Waals surface area contributed by atoms with E-state index in [0.717, 1.165) is 50.4 Å². The highest BCUT2D eigenvalue weighted by molar-refractivity contribution is 5.98. The number of carbonyl (C=O) groups is 1. The number of aromatic nitrogens is 1. The van der Waals surface area contributed by atoms with Crippen LogP contribution in [-0.4, -0.2) is 65.8 Å². The highest BCUT2D eigenvalue weighted by atomic mass is 16.5. The van der Waals surface area contributed by atoms with E-state index in [1.54, 1.807) is 13.2 Å². The Morgan fingerprint density at radius 3 is 2.66 bits per heavy atom. The Bertz CT molecular complexity index is 1340. The van der Waals surface area contributed by atoms with Gasteiger partial charge in [-0.15, -0.1) is 0 Å². The first-order valence-electron chi connectivity index (χ1n) is 14.5. The largest absolute Gasteiger partial charge is 0.497 e. The zero-order valence-corrected chi connectivity index (χ0v) is 23.1. The number of rotatable bonds is 7. The van der Waals surface area contributed by atoms with Gasteiger partial charge in [-0.05, 0) is 92.7 Å². The molecule has 2 atom stereocenters. The molecule has 0 spiro atoms. The average Bonchev–Trinajstić information content (AvgIpc) is 3.46. The van der Waals surface area contributed by atoms with Crippen molar-refractivity contribution in [2.24, 2.45) is 5.92 Å². The molecule has 1 aliphatic carbocycles. The number of likely N-dealkylation sites (N-methyl/N-ethyl adjacent to an activating group) is 1. The maximum atomic E-state index is 12.0. The smallest absolute Gasteiger partial charge is 0.335 e. The summed E-state index contributed by atoms with van der Waals surface area (Å²) in [7, 11) is 3.96. The number of ether oxygens (including phenoxy) is 1. The molecule has 1 saturated heterocycles. The second-order valence-corrected chi connectivity index (χ2v) is 11.6. The molecule has 0 amide bonds. The van der Waals surface area contributed by atoms with Gasteiger partial charge < -0.3 is 19.3 Å². The van der Waals surface area contributed by atoms with Crippen molar-refractivity contribution in [3.63, 3.8) is 0 Å². The number of nitrogens with zero attached hydrogens (tertiary/aromatic N) is 3. The van der Waals surface area contributed by atoms with Crippen LogP contribution in [-0.2, 0) is 6.54 Å². The SMILES string of the molecule is CCN(C)CCN1CC[C@H]2Cn3c(c(C4CCCCC4)c4ccc(C(=O)O)cc43)-c3ccc(OC)cc3[C@@H]21. The van der Waals surface area contributed by atoms with E-state index < -0.39 is 5.97 Å². The molecule has 1 N–H and O–H groups in total. The Balaban J connectivity index is 1.57. The van der Waals surface area contributed by atoms with Crippen LogP contribution in [0.3, 0.4) is 0 Å².